The fourth-order valence-electron chi connectivity index (χ4n) is 3.09. The van der Waals surface area contributed by atoms with Crippen molar-refractivity contribution in [2.45, 2.75) is 78.6 Å². The molecule has 122 valence electrons. The number of hydrogen-bond acceptors (Lipinski definition) is 2. The van der Waals surface area contributed by atoms with Crippen LogP contribution < -0.4 is 0 Å². The van der Waals surface area contributed by atoms with Gasteiger partial charge in [0.15, 0.2) is 0 Å². The van der Waals surface area contributed by atoms with E-state index >= 15 is 0 Å². The van der Waals surface area contributed by atoms with Crippen LogP contribution in [-0.4, -0.2) is 40.9 Å². The second kappa shape index (κ2) is 6.55. The van der Waals surface area contributed by atoms with Crippen molar-refractivity contribution in [1.29, 1.82) is 0 Å². The van der Waals surface area contributed by atoms with Crippen molar-refractivity contribution < 1.29 is 0 Å². The summed E-state index contributed by atoms with van der Waals surface area (Å²) in [5.41, 5.74) is 0. The highest BCUT2D eigenvalue weighted by molar-refractivity contribution is 7.85. The summed E-state index contributed by atoms with van der Waals surface area (Å²) in [4.78, 5) is 0. The van der Waals surface area contributed by atoms with Crippen LogP contribution in [0.1, 0.15) is 0 Å². The van der Waals surface area contributed by atoms with Gasteiger partial charge in [-0.1, -0.05) is 89.8 Å². The molecule has 2 nitrogen and oxygen atoms in total. The summed E-state index contributed by atoms with van der Waals surface area (Å²) in [5.74, 6) is 0. The Morgan fingerprint density at radius 3 is 0.750 bits per heavy atom. The first kappa shape index (κ1) is 21.5. The third-order valence-corrected chi connectivity index (χ3v) is 28.6. The molecule has 0 unspecified atom stereocenters. The van der Waals surface area contributed by atoms with Crippen molar-refractivity contribution in [2.24, 2.45) is 0 Å². The van der Waals surface area contributed by atoms with Gasteiger partial charge in [0.2, 0.25) is 0 Å². The molecule has 0 saturated carbocycles. The summed E-state index contributed by atoms with van der Waals surface area (Å²) in [5, 5.41) is 0. The van der Waals surface area contributed by atoms with Crippen molar-refractivity contribution >= 4 is 51.8 Å². The first-order valence-corrected chi connectivity index (χ1v) is 23.4. The molecule has 0 rings (SSSR count). The molecule has 0 spiro atoms. The lowest BCUT2D eigenvalue weighted by Gasteiger charge is -2.55. The highest BCUT2D eigenvalue weighted by Gasteiger charge is 2.47. The molecule has 0 aromatic carbocycles. The predicted molar refractivity (Wildman–Crippen MR) is 110 cm³/mol. The van der Waals surface area contributed by atoms with Crippen LogP contribution in [0, 0.1) is 0 Å². The summed E-state index contributed by atoms with van der Waals surface area (Å²) in [6.45, 7) is 29.4. The van der Waals surface area contributed by atoms with Crippen molar-refractivity contribution in [3.05, 3.63) is 0 Å². The lowest BCUT2D eigenvalue weighted by atomic mass is 11.8. The van der Waals surface area contributed by atoms with Gasteiger partial charge in [0.05, 0.1) is 0 Å². The Labute approximate surface area is 138 Å². The summed E-state index contributed by atoms with van der Waals surface area (Å²) < 4.78 is 5.63. The van der Waals surface area contributed by atoms with E-state index in [4.69, 9.17) is 11.2 Å². The maximum atomic E-state index is 7.21. The predicted octanol–water partition coefficient (Wildman–Crippen LogP) is 6.40. The molecule has 0 saturated heterocycles. The molecule has 0 heterocycles. The highest BCUT2D eigenvalue weighted by Crippen LogP contribution is 2.58. The monoisotopic (exact) mass is 386 g/mol. The molecule has 0 aromatic heterocycles. The minimum atomic E-state index is -1.41. The first-order chi connectivity index (χ1) is 8.40. The molecular weight excluding hydrogens is 351 g/mol. The lowest BCUT2D eigenvalue weighted by molar-refractivity contribution is 0.880. The minimum Gasteiger partial charge on any atom is -0.301 e. The molecule has 0 atom stereocenters. The molecular formula is C12H36ClN2PSi4. The van der Waals surface area contributed by atoms with Crippen LogP contribution in [0.25, 0.3) is 0 Å². The minimum absolute atomic E-state index is 0.674. The number of hydrogen-bond donors (Lipinski definition) is 0. The maximum absolute atomic E-state index is 7.21. The zero-order valence-electron chi connectivity index (χ0n) is 15.7. The standard InChI is InChI=1S/C12H36ClN2PSi4/c1-17(2,3)14(18(4,5)6)16(13)15(19(7,8)9)20(10,11)12/h1-12H3. The van der Waals surface area contributed by atoms with Crippen molar-refractivity contribution in [2.75, 3.05) is 0 Å². The van der Waals surface area contributed by atoms with E-state index in [0.717, 1.165) is 0 Å². The Morgan fingerprint density at radius 2 is 0.650 bits per heavy atom. The van der Waals surface area contributed by atoms with Crippen molar-refractivity contribution in [3.8, 4) is 0 Å². The van der Waals surface area contributed by atoms with E-state index in [9.17, 15) is 0 Å². The Balaban J connectivity index is 5.81. The van der Waals surface area contributed by atoms with Gasteiger partial charge in [-0.2, -0.15) is 0 Å². The molecule has 0 aromatic rings. The van der Waals surface area contributed by atoms with E-state index in [1.54, 1.807) is 0 Å². The summed E-state index contributed by atoms with van der Waals surface area (Å²) in [6.07, 6.45) is 0. The number of nitrogens with zero attached hydrogens (tertiary/aromatic N) is 2. The molecule has 0 aliphatic rings. The van der Waals surface area contributed by atoms with Crippen LogP contribution in [0.3, 0.4) is 0 Å². The van der Waals surface area contributed by atoms with E-state index in [-0.39, 0.29) is 0 Å². The zero-order chi connectivity index (χ0) is 16.7. The summed E-state index contributed by atoms with van der Waals surface area (Å²) >= 11 is 7.21. The zero-order valence-corrected chi connectivity index (χ0v) is 21.4. The molecule has 0 bridgehead atoms. The van der Waals surface area contributed by atoms with Crippen molar-refractivity contribution in [1.82, 2.24) is 8.00 Å². The van der Waals surface area contributed by atoms with E-state index < -0.39 is 40.5 Å². The van der Waals surface area contributed by atoms with E-state index in [0.29, 0.717) is 0 Å². The quantitative estimate of drug-likeness (QED) is 0.385. The van der Waals surface area contributed by atoms with Crippen molar-refractivity contribution in [3.63, 3.8) is 0 Å². The molecule has 0 N–H and O–H groups in total. The normalized spacial score (nSPS) is 15.6. The fourth-order valence-corrected chi connectivity index (χ4v) is 37.6. The van der Waals surface area contributed by atoms with Gasteiger partial charge in [-0.25, -0.2) is 0 Å². The largest absolute Gasteiger partial charge is 0.301 e. The number of halogens is 1. The van der Waals surface area contributed by atoms with Crippen LogP contribution in [0.15, 0.2) is 0 Å². The van der Waals surface area contributed by atoms with Gasteiger partial charge in [-0.15, -0.1) is 0 Å². The SMILES string of the molecule is C[Si](C)(C)N(P(Cl)N([Si](C)(C)C)[Si](C)(C)C)[Si](C)(C)C. The van der Waals surface area contributed by atoms with Crippen LogP contribution in [0.5, 0.6) is 0 Å². The summed E-state index contributed by atoms with van der Waals surface area (Å²) in [7, 11) is -6.32. The fraction of sp³-hybridized carbons (Fsp3) is 1.00. The molecule has 8 heteroatoms. The second-order valence-corrected chi connectivity index (χ2v) is 33.3. The Morgan fingerprint density at radius 1 is 0.500 bits per heavy atom. The topological polar surface area (TPSA) is 6.48 Å². The molecule has 20 heavy (non-hydrogen) atoms. The molecule has 0 aliphatic carbocycles. The average Bonchev–Trinajstić information content (AvgIpc) is 1.88. The van der Waals surface area contributed by atoms with E-state index in [1.165, 1.54) is 0 Å². The Kier molecular flexibility index (Phi) is 7.05. The van der Waals surface area contributed by atoms with Gasteiger partial charge in [0.1, 0.15) is 40.5 Å². The molecule has 0 aliphatic heterocycles. The van der Waals surface area contributed by atoms with Gasteiger partial charge in [0.25, 0.3) is 0 Å². The Bertz CT molecular complexity index is 268. The van der Waals surface area contributed by atoms with Crippen LogP contribution in [-0.2, 0) is 0 Å². The van der Waals surface area contributed by atoms with Gasteiger partial charge in [0, 0.05) is 0 Å². The van der Waals surface area contributed by atoms with Crippen LogP contribution in [0.4, 0.5) is 0 Å². The molecule has 0 fully saturated rings. The lowest BCUT2D eigenvalue weighted by Crippen LogP contribution is -2.62. The first-order valence-electron chi connectivity index (χ1n) is 7.46. The van der Waals surface area contributed by atoms with Gasteiger partial charge in [-0.05, 0) is 0 Å². The highest BCUT2D eigenvalue weighted by atomic mass is 35.7. The van der Waals surface area contributed by atoms with E-state index in [1.807, 2.05) is 0 Å². The van der Waals surface area contributed by atoms with Gasteiger partial charge < -0.3 is 8.00 Å². The van der Waals surface area contributed by atoms with Gasteiger partial charge in [-0.3, -0.25) is 0 Å². The molecule has 0 amide bonds. The van der Waals surface area contributed by atoms with Crippen LogP contribution in [0.2, 0.25) is 78.6 Å². The second-order valence-electron chi connectivity index (χ2n) is 9.55. The average molecular weight is 387 g/mol. The molecule has 0 radical (unpaired) electrons. The smallest absolute Gasteiger partial charge is 0.118 e. The Hall–Kier alpha value is 1.51. The van der Waals surface area contributed by atoms with E-state index in [2.05, 4.69) is 86.6 Å². The summed E-state index contributed by atoms with van der Waals surface area (Å²) in [6, 6.07) is 0. The maximum Gasteiger partial charge on any atom is 0.118 e. The third kappa shape index (κ3) is 5.95. The van der Waals surface area contributed by atoms with Crippen LogP contribution >= 0.6 is 18.8 Å². The van der Waals surface area contributed by atoms with Gasteiger partial charge >= 0.3 is 0 Å². The number of rotatable bonds is 6. The third-order valence-electron chi connectivity index (χ3n) is 2.87.